The zero-order valence-electron chi connectivity index (χ0n) is 17.1. The number of fused-ring (bicyclic) bond motifs is 1. The van der Waals surface area contributed by atoms with Crippen LogP contribution in [0.15, 0.2) is 33.9 Å². The summed E-state index contributed by atoms with van der Waals surface area (Å²) in [4.78, 5) is 50.6. The summed E-state index contributed by atoms with van der Waals surface area (Å²) in [5, 5.41) is 21.8. The van der Waals surface area contributed by atoms with Crippen LogP contribution in [0.2, 0.25) is 0 Å². The monoisotopic (exact) mass is 431 g/mol. The van der Waals surface area contributed by atoms with Gasteiger partial charge in [-0.3, -0.25) is 18.7 Å². The molecule has 0 fully saturated rings. The maximum Gasteiger partial charge on any atom is 0.437 e. The largest absolute Gasteiger partial charge is 0.491 e. The first-order chi connectivity index (χ1) is 14.6. The molecule has 0 saturated carbocycles. The van der Waals surface area contributed by atoms with Crippen LogP contribution in [-0.4, -0.2) is 47.2 Å². The highest BCUT2D eigenvalue weighted by Crippen LogP contribution is 2.19. The van der Waals surface area contributed by atoms with Crippen LogP contribution < -0.4 is 16.0 Å². The number of ketones is 1. The Morgan fingerprint density at radius 2 is 1.87 bits per heavy atom. The van der Waals surface area contributed by atoms with Crippen molar-refractivity contribution in [3.63, 3.8) is 0 Å². The summed E-state index contributed by atoms with van der Waals surface area (Å²) < 4.78 is 8.37. The molecule has 2 aromatic heterocycles. The molecular weight excluding hydrogens is 410 g/mol. The number of carbonyl (C=O) groups is 1. The second kappa shape index (κ2) is 8.52. The number of nitrogens with zero attached hydrogens (tertiary/aromatic N) is 5. The molecule has 12 heteroatoms. The average molecular weight is 431 g/mol. The van der Waals surface area contributed by atoms with Crippen LogP contribution in [0.4, 0.5) is 5.95 Å². The van der Waals surface area contributed by atoms with Crippen LogP contribution in [0.3, 0.4) is 0 Å². The van der Waals surface area contributed by atoms with Crippen LogP contribution in [0.1, 0.15) is 23.7 Å². The normalized spacial score (nSPS) is 12.1. The molecular formula is C19H21N5O7. The number of benzene rings is 1. The molecule has 2 heterocycles. The van der Waals surface area contributed by atoms with Gasteiger partial charge >= 0.3 is 17.2 Å². The Bertz CT molecular complexity index is 1270. The van der Waals surface area contributed by atoms with Crippen molar-refractivity contribution in [1.82, 2.24) is 18.7 Å². The number of imidazole rings is 1. The second-order valence-electron chi connectivity index (χ2n) is 6.92. The van der Waals surface area contributed by atoms with Crippen molar-refractivity contribution >= 4 is 22.9 Å². The van der Waals surface area contributed by atoms with Crippen molar-refractivity contribution in [3.05, 3.63) is 60.8 Å². The van der Waals surface area contributed by atoms with Crippen molar-refractivity contribution in [2.24, 2.45) is 14.1 Å². The highest BCUT2D eigenvalue weighted by Gasteiger charge is 2.29. The van der Waals surface area contributed by atoms with Crippen LogP contribution >= 0.6 is 0 Å². The Balaban J connectivity index is 1.86. The standard InChI is InChI=1S/C19H21N5O7/c1-4-14(26)11-5-7-13(8-6-11)31-10-12(25)9-23-16-15(20-18(23)24(29)30)17(27)22(3)19(28)21(16)2/h5-8,12,25H,4,9-10H2,1-3H3/t12-/m0/s1. The van der Waals surface area contributed by atoms with E-state index in [2.05, 4.69) is 4.98 Å². The van der Waals surface area contributed by atoms with E-state index in [-0.39, 0.29) is 30.1 Å². The van der Waals surface area contributed by atoms with Gasteiger partial charge in [-0.1, -0.05) is 11.9 Å². The van der Waals surface area contributed by atoms with Gasteiger partial charge < -0.3 is 20.0 Å². The average Bonchev–Trinajstić information content (AvgIpc) is 3.14. The van der Waals surface area contributed by atoms with Gasteiger partial charge in [-0.05, 0) is 29.2 Å². The summed E-state index contributed by atoms with van der Waals surface area (Å²) >= 11 is 0. The predicted molar refractivity (Wildman–Crippen MR) is 109 cm³/mol. The molecule has 1 aromatic carbocycles. The zero-order valence-corrected chi connectivity index (χ0v) is 17.1. The van der Waals surface area contributed by atoms with Crippen molar-refractivity contribution < 1.29 is 19.6 Å². The second-order valence-corrected chi connectivity index (χ2v) is 6.92. The number of Topliss-reactive ketones (excluding diaryl/α,β-unsaturated/α-hetero) is 1. The fourth-order valence-electron chi connectivity index (χ4n) is 3.18. The predicted octanol–water partition coefficient (Wildman–Crippen LogP) is 0.374. The minimum Gasteiger partial charge on any atom is -0.491 e. The van der Waals surface area contributed by atoms with Crippen LogP contribution in [0.25, 0.3) is 11.2 Å². The fourth-order valence-corrected chi connectivity index (χ4v) is 3.18. The summed E-state index contributed by atoms with van der Waals surface area (Å²) in [5.41, 5.74) is -1.23. The lowest BCUT2D eigenvalue weighted by Gasteiger charge is -2.13. The third-order valence-corrected chi connectivity index (χ3v) is 4.82. The smallest absolute Gasteiger partial charge is 0.437 e. The molecule has 0 radical (unpaired) electrons. The number of rotatable bonds is 8. The van der Waals surface area contributed by atoms with E-state index in [1.54, 1.807) is 31.2 Å². The van der Waals surface area contributed by atoms with E-state index in [4.69, 9.17) is 4.74 Å². The highest BCUT2D eigenvalue weighted by atomic mass is 16.6. The van der Waals surface area contributed by atoms with E-state index in [1.165, 1.54) is 14.1 Å². The quantitative estimate of drug-likeness (QED) is 0.305. The summed E-state index contributed by atoms with van der Waals surface area (Å²) in [6.07, 6.45) is -0.838. The fraction of sp³-hybridized carbons (Fsp3) is 0.368. The van der Waals surface area contributed by atoms with E-state index < -0.39 is 28.2 Å². The van der Waals surface area contributed by atoms with Gasteiger partial charge in [0, 0.05) is 26.1 Å². The third-order valence-electron chi connectivity index (χ3n) is 4.82. The number of aliphatic hydroxyl groups is 1. The Morgan fingerprint density at radius 1 is 1.23 bits per heavy atom. The number of aryl methyl sites for hydroxylation is 1. The number of aromatic nitrogens is 4. The number of aliphatic hydroxyl groups excluding tert-OH is 1. The topological polar surface area (TPSA) is 151 Å². The Hall–Kier alpha value is -3.80. The summed E-state index contributed by atoms with van der Waals surface area (Å²) in [7, 11) is 2.60. The van der Waals surface area contributed by atoms with Gasteiger partial charge in [-0.25, -0.2) is 9.36 Å². The number of ether oxygens (including phenoxy) is 1. The van der Waals surface area contributed by atoms with Crippen molar-refractivity contribution in [1.29, 1.82) is 0 Å². The lowest BCUT2D eigenvalue weighted by atomic mass is 10.1. The van der Waals surface area contributed by atoms with E-state index in [0.717, 1.165) is 13.7 Å². The Kier molecular flexibility index (Phi) is 6.02. The summed E-state index contributed by atoms with van der Waals surface area (Å²) in [5.74, 6) is -0.282. The van der Waals surface area contributed by atoms with Crippen molar-refractivity contribution in [3.8, 4) is 5.75 Å². The molecule has 0 spiro atoms. The number of hydrogen-bond acceptors (Lipinski definition) is 8. The molecule has 0 bridgehead atoms. The molecule has 0 aliphatic carbocycles. The first-order valence-electron chi connectivity index (χ1n) is 9.40. The van der Waals surface area contributed by atoms with E-state index >= 15 is 0 Å². The maximum absolute atomic E-state index is 12.3. The Morgan fingerprint density at radius 3 is 2.45 bits per heavy atom. The van der Waals surface area contributed by atoms with Gasteiger partial charge in [0.05, 0.1) is 0 Å². The molecule has 31 heavy (non-hydrogen) atoms. The van der Waals surface area contributed by atoms with Crippen molar-refractivity contribution in [2.45, 2.75) is 26.0 Å². The van der Waals surface area contributed by atoms with Gasteiger partial charge in [-0.2, -0.15) is 0 Å². The Labute approximate surface area is 175 Å². The molecule has 0 unspecified atom stereocenters. The maximum atomic E-state index is 12.3. The number of nitro groups is 1. The van der Waals surface area contributed by atoms with Gasteiger partial charge in [0.1, 0.15) is 25.0 Å². The molecule has 1 atom stereocenters. The molecule has 12 nitrogen and oxygen atoms in total. The van der Waals surface area contributed by atoms with Gasteiger partial charge in [0.2, 0.25) is 5.65 Å². The summed E-state index contributed by atoms with van der Waals surface area (Å²) in [6, 6.07) is 6.37. The van der Waals surface area contributed by atoms with Gasteiger partial charge in [0.15, 0.2) is 5.78 Å². The minimum absolute atomic E-state index is 0.0114. The third kappa shape index (κ3) is 4.10. The first-order valence-corrected chi connectivity index (χ1v) is 9.40. The number of carbonyl (C=O) groups excluding carboxylic acids is 1. The zero-order chi connectivity index (χ0) is 22.9. The van der Waals surface area contributed by atoms with Crippen LogP contribution in [0.5, 0.6) is 5.75 Å². The molecule has 0 saturated heterocycles. The van der Waals surface area contributed by atoms with E-state index in [9.17, 15) is 29.6 Å². The van der Waals surface area contributed by atoms with Crippen LogP contribution in [-0.2, 0) is 20.6 Å². The van der Waals surface area contributed by atoms with Gasteiger partial charge in [0.25, 0.3) is 5.52 Å². The molecule has 3 aromatic rings. The molecule has 1 N–H and O–H groups in total. The SMILES string of the molecule is CCC(=O)c1ccc(OC[C@@H](O)Cn2c([N+](=O)[O-])nc3c(=O)n(C)c(=O)n(C)c32)cc1. The molecule has 164 valence electrons. The number of hydrogen-bond donors (Lipinski definition) is 1. The summed E-state index contributed by atoms with van der Waals surface area (Å²) in [6.45, 7) is 1.20. The molecule has 0 aliphatic heterocycles. The lowest BCUT2D eigenvalue weighted by molar-refractivity contribution is -0.396. The lowest BCUT2D eigenvalue weighted by Crippen LogP contribution is -2.37. The molecule has 0 amide bonds. The first kappa shape index (κ1) is 21.9. The van der Waals surface area contributed by atoms with Gasteiger partial charge in [-0.15, -0.1) is 0 Å². The molecule has 0 aliphatic rings. The van der Waals surface area contributed by atoms with Crippen LogP contribution in [0, 0.1) is 10.1 Å². The van der Waals surface area contributed by atoms with E-state index in [0.29, 0.717) is 17.7 Å². The molecule has 3 rings (SSSR count). The highest BCUT2D eigenvalue weighted by molar-refractivity contribution is 5.95. The van der Waals surface area contributed by atoms with E-state index in [1.807, 2.05) is 0 Å². The minimum atomic E-state index is -1.22. The van der Waals surface area contributed by atoms with Crippen molar-refractivity contribution in [2.75, 3.05) is 6.61 Å².